The smallest absolute Gasteiger partial charge is 0.0105 e. The summed E-state index contributed by atoms with van der Waals surface area (Å²) in [5, 5.41) is 0. The lowest BCUT2D eigenvalue weighted by Gasteiger charge is -2.14. The van der Waals surface area contributed by atoms with Gasteiger partial charge in [-0.1, -0.05) is 6.42 Å². The van der Waals surface area contributed by atoms with Crippen molar-refractivity contribution >= 4 is 0 Å². The molecule has 1 heterocycles. The van der Waals surface area contributed by atoms with Crippen molar-refractivity contribution in [2.75, 3.05) is 26.2 Å². The van der Waals surface area contributed by atoms with Crippen LogP contribution in [0.25, 0.3) is 0 Å². The minimum Gasteiger partial charge on any atom is -0.329 e. The molecule has 0 aromatic carbocycles. The molecule has 2 heteroatoms. The Hall–Kier alpha value is -0.0800. The van der Waals surface area contributed by atoms with Crippen LogP contribution < -0.4 is 5.73 Å². The standard InChI is InChI=1S/C9H18N2/c10-4-5-11-6-8-2-1-3-9(8)7-11/h8-9H,1-7,10H2/t8-,9+. The summed E-state index contributed by atoms with van der Waals surface area (Å²) in [6, 6.07) is 0. The SMILES string of the molecule is NCCN1C[C@H]2CCC[C@H]2C1. The highest BCUT2D eigenvalue weighted by molar-refractivity contribution is 4.88. The summed E-state index contributed by atoms with van der Waals surface area (Å²) in [7, 11) is 0. The molecule has 2 atom stereocenters. The van der Waals surface area contributed by atoms with Crippen LogP contribution in [0, 0.1) is 11.8 Å². The Labute approximate surface area is 68.7 Å². The van der Waals surface area contributed by atoms with Gasteiger partial charge in [0, 0.05) is 26.2 Å². The molecule has 0 aromatic heterocycles. The number of hydrogen-bond acceptors (Lipinski definition) is 2. The van der Waals surface area contributed by atoms with Crippen LogP contribution in [0.2, 0.25) is 0 Å². The Kier molecular flexibility index (Phi) is 2.14. The molecular weight excluding hydrogens is 136 g/mol. The molecular formula is C9H18N2. The topological polar surface area (TPSA) is 29.3 Å². The first-order chi connectivity index (χ1) is 5.40. The number of rotatable bonds is 2. The third kappa shape index (κ3) is 1.42. The predicted molar refractivity (Wildman–Crippen MR) is 46.3 cm³/mol. The number of nitrogens with two attached hydrogens (primary N) is 1. The molecule has 0 amide bonds. The molecule has 2 N–H and O–H groups in total. The van der Waals surface area contributed by atoms with Gasteiger partial charge in [-0.05, 0) is 24.7 Å². The van der Waals surface area contributed by atoms with Gasteiger partial charge in [0.25, 0.3) is 0 Å². The third-order valence-electron chi connectivity index (χ3n) is 3.25. The van der Waals surface area contributed by atoms with E-state index in [9.17, 15) is 0 Å². The maximum Gasteiger partial charge on any atom is 0.0105 e. The Balaban J connectivity index is 1.84. The maximum atomic E-state index is 5.52. The van der Waals surface area contributed by atoms with Gasteiger partial charge >= 0.3 is 0 Å². The summed E-state index contributed by atoms with van der Waals surface area (Å²) in [5.74, 6) is 2.06. The van der Waals surface area contributed by atoms with E-state index in [1.54, 1.807) is 0 Å². The predicted octanol–water partition coefficient (Wildman–Crippen LogP) is 0.677. The van der Waals surface area contributed by atoms with Crippen molar-refractivity contribution in [3.63, 3.8) is 0 Å². The van der Waals surface area contributed by atoms with Gasteiger partial charge in [0.05, 0.1) is 0 Å². The van der Waals surface area contributed by atoms with E-state index in [0.717, 1.165) is 24.9 Å². The molecule has 2 rings (SSSR count). The van der Waals surface area contributed by atoms with Crippen molar-refractivity contribution in [2.24, 2.45) is 17.6 Å². The van der Waals surface area contributed by atoms with Crippen LogP contribution in [0.5, 0.6) is 0 Å². The van der Waals surface area contributed by atoms with Gasteiger partial charge < -0.3 is 10.6 Å². The minimum atomic E-state index is 0.833. The molecule has 2 nitrogen and oxygen atoms in total. The van der Waals surface area contributed by atoms with Gasteiger partial charge in [0.15, 0.2) is 0 Å². The molecule has 0 spiro atoms. The molecule has 0 bridgehead atoms. The lowest BCUT2D eigenvalue weighted by atomic mass is 10.0. The normalized spacial score (nSPS) is 37.9. The number of nitrogens with zero attached hydrogens (tertiary/aromatic N) is 1. The number of fused-ring (bicyclic) bond motifs is 1. The third-order valence-corrected chi connectivity index (χ3v) is 3.25. The molecule has 0 aromatic rings. The van der Waals surface area contributed by atoms with E-state index in [4.69, 9.17) is 5.73 Å². The van der Waals surface area contributed by atoms with Crippen molar-refractivity contribution in [3.05, 3.63) is 0 Å². The molecule has 2 aliphatic rings. The van der Waals surface area contributed by atoms with Gasteiger partial charge in [-0.25, -0.2) is 0 Å². The van der Waals surface area contributed by atoms with Crippen molar-refractivity contribution in [1.29, 1.82) is 0 Å². The Morgan fingerprint density at radius 1 is 1.18 bits per heavy atom. The summed E-state index contributed by atoms with van der Waals surface area (Å²) in [5.41, 5.74) is 5.52. The van der Waals surface area contributed by atoms with Crippen molar-refractivity contribution in [1.82, 2.24) is 4.90 Å². The molecule has 0 unspecified atom stereocenters. The van der Waals surface area contributed by atoms with Crippen molar-refractivity contribution < 1.29 is 0 Å². The quantitative estimate of drug-likeness (QED) is 0.633. The lowest BCUT2D eigenvalue weighted by Crippen LogP contribution is -2.27. The maximum absolute atomic E-state index is 5.52. The summed E-state index contributed by atoms with van der Waals surface area (Å²) in [6.45, 7) is 4.62. The zero-order valence-corrected chi connectivity index (χ0v) is 7.13. The van der Waals surface area contributed by atoms with E-state index in [2.05, 4.69) is 4.90 Å². The molecule has 2 fully saturated rings. The van der Waals surface area contributed by atoms with Crippen LogP contribution in [0.15, 0.2) is 0 Å². The fourth-order valence-corrected chi connectivity index (χ4v) is 2.70. The second-order valence-corrected chi connectivity index (χ2v) is 4.00. The summed E-state index contributed by atoms with van der Waals surface area (Å²) < 4.78 is 0. The average molecular weight is 154 g/mol. The summed E-state index contributed by atoms with van der Waals surface area (Å²) in [4.78, 5) is 2.54. The van der Waals surface area contributed by atoms with E-state index in [-0.39, 0.29) is 0 Å². The van der Waals surface area contributed by atoms with Gasteiger partial charge in [0.2, 0.25) is 0 Å². The molecule has 64 valence electrons. The summed E-state index contributed by atoms with van der Waals surface area (Å²) in [6.07, 6.45) is 4.43. The second-order valence-electron chi connectivity index (χ2n) is 4.00. The molecule has 1 saturated carbocycles. The average Bonchev–Trinajstić information content (AvgIpc) is 2.46. The zero-order valence-electron chi connectivity index (χ0n) is 7.13. The van der Waals surface area contributed by atoms with Crippen LogP contribution in [-0.2, 0) is 0 Å². The number of likely N-dealkylation sites (tertiary alicyclic amines) is 1. The van der Waals surface area contributed by atoms with E-state index in [1.807, 2.05) is 0 Å². The first-order valence-electron chi connectivity index (χ1n) is 4.82. The lowest BCUT2D eigenvalue weighted by molar-refractivity contribution is 0.320. The Bertz CT molecular complexity index is 124. The largest absolute Gasteiger partial charge is 0.329 e. The Morgan fingerprint density at radius 3 is 2.36 bits per heavy atom. The van der Waals surface area contributed by atoms with E-state index in [0.29, 0.717) is 0 Å². The molecule has 0 radical (unpaired) electrons. The van der Waals surface area contributed by atoms with Gasteiger partial charge in [0.1, 0.15) is 0 Å². The monoisotopic (exact) mass is 154 g/mol. The van der Waals surface area contributed by atoms with Gasteiger partial charge in [-0.3, -0.25) is 0 Å². The minimum absolute atomic E-state index is 0.833. The molecule has 1 aliphatic heterocycles. The van der Waals surface area contributed by atoms with Crippen LogP contribution in [-0.4, -0.2) is 31.1 Å². The fourth-order valence-electron chi connectivity index (χ4n) is 2.70. The molecule has 1 aliphatic carbocycles. The zero-order chi connectivity index (χ0) is 7.68. The highest BCUT2D eigenvalue weighted by Crippen LogP contribution is 2.37. The first kappa shape index (κ1) is 7.56. The Morgan fingerprint density at radius 2 is 1.82 bits per heavy atom. The van der Waals surface area contributed by atoms with Crippen molar-refractivity contribution in [3.8, 4) is 0 Å². The van der Waals surface area contributed by atoms with E-state index >= 15 is 0 Å². The van der Waals surface area contributed by atoms with Gasteiger partial charge in [-0.2, -0.15) is 0 Å². The molecule has 11 heavy (non-hydrogen) atoms. The number of hydrogen-bond donors (Lipinski definition) is 1. The van der Waals surface area contributed by atoms with E-state index in [1.165, 1.54) is 32.4 Å². The van der Waals surface area contributed by atoms with Crippen molar-refractivity contribution in [2.45, 2.75) is 19.3 Å². The second kappa shape index (κ2) is 3.11. The van der Waals surface area contributed by atoms with E-state index < -0.39 is 0 Å². The van der Waals surface area contributed by atoms with Crippen LogP contribution in [0.3, 0.4) is 0 Å². The van der Waals surface area contributed by atoms with Crippen LogP contribution in [0.1, 0.15) is 19.3 Å². The highest BCUT2D eigenvalue weighted by Gasteiger charge is 2.35. The summed E-state index contributed by atoms with van der Waals surface area (Å²) >= 11 is 0. The van der Waals surface area contributed by atoms with Crippen LogP contribution in [0.4, 0.5) is 0 Å². The van der Waals surface area contributed by atoms with Gasteiger partial charge in [-0.15, -0.1) is 0 Å². The highest BCUT2D eigenvalue weighted by atomic mass is 15.2. The molecule has 1 saturated heterocycles. The fraction of sp³-hybridized carbons (Fsp3) is 1.00. The first-order valence-corrected chi connectivity index (χ1v) is 4.82. The van der Waals surface area contributed by atoms with Crippen LogP contribution >= 0.6 is 0 Å².